The van der Waals surface area contributed by atoms with Crippen molar-refractivity contribution in [1.29, 1.82) is 0 Å². The van der Waals surface area contributed by atoms with Crippen molar-refractivity contribution in [3.8, 4) is 0 Å². The first-order chi connectivity index (χ1) is 17.6. The fraction of sp³-hybridized carbons (Fsp3) is 0.633. The van der Waals surface area contributed by atoms with E-state index in [0.717, 1.165) is 10.6 Å². The number of hydrogen-bond acceptors (Lipinski definition) is 6. The summed E-state index contributed by atoms with van der Waals surface area (Å²) in [6, 6.07) is 5.04. The summed E-state index contributed by atoms with van der Waals surface area (Å²) in [5.41, 5.74) is -0.647. The highest BCUT2D eigenvalue weighted by Gasteiger charge is 2.60. The van der Waals surface area contributed by atoms with Crippen molar-refractivity contribution in [2.24, 2.45) is 11.8 Å². The van der Waals surface area contributed by atoms with Crippen molar-refractivity contribution in [2.45, 2.75) is 97.8 Å². The molecular weight excluding hydrogens is 520 g/mol. The van der Waals surface area contributed by atoms with Crippen LogP contribution in [-0.2, 0) is 19.7 Å². The van der Waals surface area contributed by atoms with Gasteiger partial charge in [-0.25, -0.2) is 9.78 Å². The van der Waals surface area contributed by atoms with Gasteiger partial charge in [-0.2, -0.15) is 0 Å². The first kappa shape index (κ1) is 30.6. The highest BCUT2D eigenvalue weighted by Crippen LogP contribution is 2.52. The largest absolute Gasteiger partial charge is 0.458 e. The lowest BCUT2D eigenvalue weighted by atomic mass is 9.83. The summed E-state index contributed by atoms with van der Waals surface area (Å²) in [4.78, 5) is 35.1. The molecule has 0 aliphatic carbocycles. The van der Waals surface area contributed by atoms with Gasteiger partial charge in [0.1, 0.15) is 16.1 Å². The van der Waals surface area contributed by atoms with E-state index in [2.05, 4.69) is 39.6 Å². The first-order valence-corrected chi connectivity index (χ1v) is 14.7. The summed E-state index contributed by atoms with van der Waals surface area (Å²) in [6.45, 7) is 18.9. The van der Waals surface area contributed by atoms with Crippen molar-refractivity contribution < 1.29 is 19.1 Å². The average molecular weight is 563 g/mol. The van der Waals surface area contributed by atoms with Crippen LogP contribution in [0.25, 0.3) is 0 Å². The van der Waals surface area contributed by atoms with Gasteiger partial charge in [-0.1, -0.05) is 52.3 Å². The van der Waals surface area contributed by atoms with Crippen LogP contribution in [0.15, 0.2) is 29.8 Å². The predicted molar refractivity (Wildman–Crippen MR) is 154 cm³/mol. The van der Waals surface area contributed by atoms with E-state index in [1.54, 1.807) is 17.2 Å². The maximum atomic E-state index is 14.5. The summed E-state index contributed by atoms with van der Waals surface area (Å²) in [5, 5.41) is 3.22. The second-order valence-electron chi connectivity index (χ2n) is 12.7. The number of hydrogen-bond donors (Lipinski definition) is 0. The number of halogens is 1. The van der Waals surface area contributed by atoms with Crippen molar-refractivity contribution in [1.82, 2.24) is 9.88 Å². The van der Waals surface area contributed by atoms with Crippen LogP contribution >= 0.6 is 22.9 Å². The van der Waals surface area contributed by atoms with Gasteiger partial charge in [-0.05, 0) is 69.6 Å². The van der Waals surface area contributed by atoms with Crippen molar-refractivity contribution in [2.75, 3.05) is 13.2 Å². The minimum Gasteiger partial charge on any atom is -0.458 e. The second-order valence-corrected chi connectivity index (χ2v) is 14.0. The van der Waals surface area contributed by atoms with Gasteiger partial charge in [0.05, 0.1) is 12.6 Å². The Labute approximate surface area is 237 Å². The quantitative estimate of drug-likeness (QED) is 0.312. The highest BCUT2D eigenvalue weighted by atomic mass is 35.5. The van der Waals surface area contributed by atoms with Crippen LogP contribution in [0.4, 0.5) is 0 Å². The highest BCUT2D eigenvalue weighted by molar-refractivity contribution is 7.09. The van der Waals surface area contributed by atoms with Gasteiger partial charge >= 0.3 is 5.97 Å². The molecule has 0 spiro atoms. The predicted octanol–water partition coefficient (Wildman–Crippen LogP) is 7.46. The Bertz CT molecular complexity index is 1120. The maximum absolute atomic E-state index is 14.5. The Morgan fingerprint density at radius 1 is 1.21 bits per heavy atom. The number of aromatic nitrogens is 1. The fourth-order valence-corrected chi connectivity index (χ4v) is 6.73. The molecule has 0 N–H and O–H groups in total. The molecule has 3 atom stereocenters. The van der Waals surface area contributed by atoms with Crippen LogP contribution in [0.5, 0.6) is 0 Å². The van der Waals surface area contributed by atoms with Gasteiger partial charge in [0, 0.05) is 34.7 Å². The number of rotatable bonds is 8. The Balaban J connectivity index is 2.23. The Kier molecular flexibility index (Phi) is 9.37. The molecule has 0 unspecified atom stereocenters. The van der Waals surface area contributed by atoms with E-state index in [0.29, 0.717) is 36.6 Å². The monoisotopic (exact) mass is 562 g/mol. The number of ether oxygens (including phenoxy) is 2. The van der Waals surface area contributed by atoms with Crippen LogP contribution < -0.4 is 0 Å². The van der Waals surface area contributed by atoms with E-state index in [4.69, 9.17) is 21.1 Å². The molecule has 1 fully saturated rings. The molecule has 3 rings (SSSR count). The van der Waals surface area contributed by atoms with E-state index in [1.807, 2.05) is 45.2 Å². The van der Waals surface area contributed by atoms with Crippen LogP contribution in [0.1, 0.15) is 102 Å². The topological polar surface area (TPSA) is 68.7 Å². The van der Waals surface area contributed by atoms with Crippen molar-refractivity contribution in [3.05, 3.63) is 50.9 Å². The Morgan fingerprint density at radius 3 is 2.39 bits per heavy atom. The molecule has 0 radical (unpaired) electrons. The van der Waals surface area contributed by atoms with Crippen molar-refractivity contribution >= 4 is 34.8 Å². The molecule has 6 nitrogen and oxygen atoms in total. The zero-order chi connectivity index (χ0) is 28.5. The number of carbonyl (C=O) groups excluding carboxylic acids is 2. The minimum absolute atomic E-state index is 0.124. The van der Waals surface area contributed by atoms with Gasteiger partial charge < -0.3 is 14.4 Å². The number of nitrogens with zero attached hydrogens (tertiary/aromatic N) is 2. The lowest BCUT2D eigenvalue weighted by Crippen LogP contribution is -2.56. The molecule has 2 heterocycles. The lowest BCUT2D eigenvalue weighted by Gasteiger charge is -2.41. The summed E-state index contributed by atoms with van der Waals surface area (Å²) < 4.78 is 11.9. The molecule has 1 aromatic carbocycles. The first-order valence-electron chi connectivity index (χ1n) is 13.4. The molecule has 1 amide bonds. The van der Waals surface area contributed by atoms with Gasteiger partial charge in [-0.15, -0.1) is 11.3 Å². The molecular formula is C30H43ClN2O4S. The van der Waals surface area contributed by atoms with Gasteiger partial charge in [0.15, 0.2) is 0 Å². The normalized spacial score (nSPS) is 22.2. The Morgan fingerprint density at radius 2 is 1.89 bits per heavy atom. The van der Waals surface area contributed by atoms with E-state index in [1.165, 1.54) is 11.3 Å². The van der Waals surface area contributed by atoms with Crippen LogP contribution in [-0.4, -0.2) is 46.1 Å². The molecule has 1 aliphatic rings. The number of carbonyl (C=O) groups is 2. The minimum atomic E-state index is -1.17. The summed E-state index contributed by atoms with van der Waals surface area (Å²) in [7, 11) is 0. The molecule has 210 valence electrons. The smallest absolute Gasteiger partial charge is 0.332 e. The van der Waals surface area contributed by atoms with Crippen LogP contribution in [0.3, 0.4) is 0 Å². The van der Waals surface area contributed by atoms with Gasteiger partial charge in [0.25, 0.3) is 5.91 Å². The molecule has 0 saturated carbocycles. The summed E-state index contributed by atoms with van der Waals surface area (Å²) in [6.07, 6.45) is 2.64. The number of esters is 1. The van der Waals surface area contributed by atoms with E-state index in [-0.39, 0.29) is 29.1 Å². The summed E-state index contributed by atoms with van der Waals surface area (Å²) >= 11 is 8.20. The molecule has 1 saturated heterocycles. The standard InChI is InChI=1S/C30H43ClN2O4S/c1-10-36-18-21-17-30(16-19(2)3,27(35)37-29(7,8)9)33(24(21)25-32-13-14-38-25)26(34)20-11-12-22(23(31)15-20)28(4,5)6/h11-15,19,21,24H,10,16-18H2,1-9H3/t21-,24-,30+/m1/s1. The molecule has 2 aromatic rings. The van der Waals surface area contributed by atoms with E-state index in [9.17, 15) is 9.59 Å². The molecule has 1 aromatic heterocycles. The third-order valence-corrected chi connectivity index (χ3v) is 7.95. The van der Waals surface area contributed by atoms with E-state index < -0.39 is 17.2 Å². The lowest BCUT2D eigenvalue weighted by molar-refractivity contribution is -0.168. The molecule has 1 aliphatic heterocycles. The van der Waals surface area contributed by atoms with Crippen LogP contribution in [0.2, 0.25) is 5.02 Å². The molecule has 8 heteroatoms. The van der Waals surface area contributed by atoms with Gasteiger partial charge in [-0.3, -0.25) is 4.79 Å². The number of thiazole rings is 1. The zero-order valence-corrected chi connectivity index (χ0v) is 25.8. The van der Waals surface area contributed by atoms with Crippen molar-refractivity contribution in [3.63, 3.8) is 0 Å². The van der Waals surface area contributed by atoms with E-state index >= 15 is 0 Å². The van der Waals surface area contributed by atoms with Gasteiger partial charge in [0.2, 0.25) is 0 Å². The Hall–Kier alpha value is -1.96. The number of amides is 1. The SMILES string of the molecule is CCOC[C@H]1C[C@@](CC(C)C)(C(=O)OC(C)(C)C)N(C(=O)c2ccc(C(C)(C)C)c(Cl)c2)[C@H]1c1nccs1. The zero-order valence-electron chi connectivity index (χ0n) is 24.3. The van der Waals surface area contributed by atoms with Crippen LogP contribution in [0, 0.1) is 11.8 Å². The third kappa shape index (κ3) is 6.60. The number of likely N-dealkylation sites (tertiary alicyclic amines) is 1. The fourth-order valence-electron chi connectivity index (χ4n) is 5.44. The maximum Gasteiger partial charge on any atom is 0.332 e. The number of benzene rings is 1. The molecule has 0 bridgehead atoms. The summed E-state index contributed by atoms with van der Waals surface area (Å²) in [5.74, 6) is -0.629. The molecule has 38 heavy (non-hydrogen) atoms. The third-order valence-electron chi connectivity index (χ3n) is 6.79. The second kappa shape index (κ2) is 11.6. The average Bonchev–Trinajstić information content (AvgIpc) is 3.41.